The molecule has 1 heterocycles. The molecule has 5 heteroatoms. The Hall–Kier alpha value is -2.17. The van der Waals surface area contributed by atoms with Crippen LogP contribution in [0.3, 0.4) is 0 Å². The number of nitrogens with one attached hydrogen (secondary N) is 1. The third kappa shape index (κ3) is 1.99. The van der Waals surface area contributed by atoms with Gasteiger partial charge >= 0.3 is 0 Å². The van der Waals surface area contributed by atoms with Crippen LogP contribution in [0.1, 0.15) is 24.3 Å². The molecular formula is C13H15N3O2. The molecule has 0 unspecified atom stereocenters. The van der Waals surface area contributed by atoms with Gasteiger partial charge in [0.25, 0.3) is 11.5 Å². The second-order valence-electron chi connectivity index (χ2n) is 3.87. The van der Waals surface area contributed by atoms with Crippen molar-refractivity contribution in [1.82, 2.24) is 15.1 Å². The molecule has 1 aromatic carbocycles. The number of aromatic nitrogens is 2. The van der Waals surface area contributed by atoms with Gasteiger partial charge in [-0.25, -0.2) is 4.68 Å². The van der Waals surface area contributed by atoms with E-state index in [4.69, 9.17) is 0 Å². The Morgan fingerprint density at radius 2 is 1.94 bits per heavy atom. The van der Waals surface area contributed by atoms with Gasteiger partial charge in [0.2, 0.25) is 0 Å². The van der Waals surface area contributed by atoms with Gasteiger partial charge in [0.1, 0.15) is 0 Å². The van der Waals surface area contributed by atoms with E-state index in [1.807, 2.05) is 13.8 Å². The molecule has 18 heavy (non-hydrogen) atoms. The van der Waals surface area contributed by atoms with Crippen LogP contribution >= 0.6 is 0 Å². The van der Waals surface area contributed by atoms with E-state index in [9.17, 15) is 9.59 Å². The lowest BCUT2D eigenvalue weighted by Crippen LogP contribution is -2.30. The van der Waals surface area contributed by atoms with Gasteiger partial charge in [0, 0.05) is 18.5 Å². The van der Waals surface area contributed by atoms with E-state index in [2.05, 4.69) is 10.4 Å². The molecule has 0 bridgehead atoms. The second kappa shape index (κ2) is 5.00. The van der Waals surface area contributed by atoms with Gasteiger partial charge in [0.05, 0.1) is 5.39 Å². The Morgan fingerprint density at radius 1 is 1.28 bits per heavy atom. The first-order chi connectivity index (χ1) is 8.69. The number of fused-ring (bicyclic) bond motifs is 1. The van der Waals surface area contributed by atoms with Crippen molar-refractivity contribution in [2.75, 3.05) is 6.54 Å². The Balaban J connectivity index is 2.76. The van der Waals surface area contributed by atoms with Crippen LogP contribution in [0.15, 0.2) is 29.1 Å². The fourth-order valence-electron chi connectivity index (χ4n) is 1.86. The highest BCUT2D eigenvalue weighted by atomic mass is 16.2. The van der Waals surface area contributed by atoms with Crippen LogP contribution in [-0.2, 0) is 6.54 Å². The number of nitrogens with zero attached hydrogens (tertiary/aromatic N) is 2. The van der Waals surface area contributed by atoms with Gasteiger partial charge in [-0.2, -0.15) is 5.10 Å². The first-order valence-electron chi connectivity index (χ1n) is 5.97. The molecule has 2 aromatic rings. The lowest BCUT2D eigenvalue weighted by Gasteiger charge is -2.09. The molecule has 1 amide bonds. The fourth-order valence-corrected chi connectivity index (χ4v) is 1.86. The zero-order valence-corrected chi connectivity index (χ0v) is 10.4. The summed E-state index contributed by atoms with van der Waals surface area (Å²) in [7, 11) is 0. The van der Waals surface area contributed by atoms with Crippen LogP contribution in [0.4, 0.5) is 0 Å². The molecule has 0 spiro atoms. The number of carbonyl (C=O) groups excluding carboxylic acids is 1. The van der Waals surface area contributed by atoms with Crippen molar-refractivity contribution in [3.63, 3.8) is 0 Å². The van der Waals surface area contributed by atoms with Crippen molar-refractivity contribution >= 4 is 16.7 Å². The lowest BCUT2D eigenvalue weighted by molar-refractivity contribution is 0.0950. The molecule has 1 N–H and O–H groups in total. The van der Waals surface area contributed by atoms with E-state index >= 15 is 0 Å². The summed E-state index contributed by atoms with van der Waals surface area (Å²) in [5.74, 6) is -0.254. The minimum absolute atomic E-state index is 0.166. The summed E-state index contributed by atoms with van der Waals surface area (Å²) in [5.41, 5.74) is 0.134. The number of amides is 1. The molecule has 94 valence electrons. The summed E-state index contributed by atoms with van der Waals surface area (Å²) in [6, 6.07) is 7.04. The van der Waals surface area contributed by atoms with Gasteiger partial charge in [-0.05, 0) is 19.9 Å². The molecule has 0 fully saturated rings. The molecule has 5 nitrogen and oxygen atoms in total. The maximum atomic E-state index is 12.1. The fraction of sp³-hybridized carbons (Fsp3) is 0.308. The highest BCUT2D eigenvalue weighted by Gasteiger charge is 2.14. The smallest absolute Gasteiger partial charge is 0.274 e. The third-order valence-electron chi connectivity index (χ3n) is 2.72. The van der Waals surface area contributed by atoms with E-state index in [0.29, 0.717) is 29.6 Å². The number of hydrogen-bond donors (Lipinski definition) is 1. The number of hydrogen-bond acceptors (Lipinski definition) is 3. The maximum Gasteiger partial charge on any atom is 0.274 e. The van der Waals surface area contributed by atoms with Crippen molar-refractivity contribution in [3.05, 3.63) is 40.3 Å². The average Bonchev–Trinajstić information content (AvgIpc) is 2.40. The average molecular weight is 245 g/mol. The summed E-state index contributed by atoms with van der Waals surface area (Å²) in [5, 5.41) is 7.96. The first-order valence-corrected chi connectivity index (χ1v) is 5.97. The number of carbonyl (C=O) groups is 1. The van der Waals surface area contributed by atoms with E-state index < -0.39 is 0 Å². The van der Waals surface area contributed by atoms with Crippen LogP contribution < -0.4 is 10.9 Å². The molecular weight excluding hydrogens is 230 g/mol. The van der Waals surface area contributed by atoms with Crippen LogP contribution in [0.2, 0.25) is 0 Å². The number of benzene rings is 1. The summed E-state index contributed by atoms with van der Waals surface area (Å²) in [4.78, 5) is 24.0. The topological polar surface area (TPSA) is 64.0 Å². The van der Waals surface area contributed by atoms with Gasteiger partial charge in [0.15, 0.2) is 5.69 Å². The minimum Gasteiger partial charge on any atom is -0.351 e. The quantitative estimate of drug-likeness (QED) is 0.882. The Labute approximate surface area is 104 Å². The number of rotatable bonds is 3. The number of aryl methyl sites for hydroxylation is 1. The van der Waals surface area contributed by atoms with Crippen molar-refractivity contribution < 1.29 is 4.79 Å². The highest BCUT2D eigenvalue weighted by Crippen LogP contribution is 2.12. The van der Waals surface area contributed by atoms with E-state index in [1.165, 1.54) is 4.68 Å². The van der Waals surface area contributed by atoms with Crippen molar-refractivity contribution in [1.29, 1.82) is 0 Å². The zero-order valence-electron chi connectivity index (χ0n) is 10.4. The SMILES string of the molecule is CCNC(=O)c1nn(CC)c(=O)c2ccccc12. The predicted octanol–water partition coefficient (Wildman–Crippen LogP) is 1.17. The molecule has 0 atom stereocenters. The summed E-state index contributed by atoms with van der Waals surface area (Å²) in [6.45, 7) is 4.64. The van der Waals surface area contributed by atoms with Crippen molar-refractivity contribution in [2.24, 2.45) is 0 Å². The Kier molecular flexibility index (Phi) is 3.41. The second-order valence-corrected chi connectivity index (χ2v) is 3.87. The Bertz CT molecular complexity index is 646. The molecule has 0 aliphatic rings. The van der Waals surface area contributed by atoms with E-state index in [0.717, 1.165) is 0 Å². The summed E-state index contributed by atoms with van der Waals surface area (Å²) >= 11 is 0. The standard InChI is InChI=1S/C13H15N3O2/c1-3-14-12(17)11-9-7-5-6-8-10(9)13(18)16(4-2)15-11/h5-8H,3-4H2,1-2H3,(H,14,17). The third-order valence-corrected chi connectivity index (χ3v) is 2.72. The van der Waals surface area contributed by atoms with Crippen LogP contribution in [0.25, 0.3) is 10.8 Å². The van der Waals surface area contributed by atoms with E-state index in [1.54, 1.807) is 24.3 Å². The van der Waals surface area contributed by atoms with Crippen LogP contribution in [0.5, 0.6) is 0 Å². The molecule has 1 aromatic heterocycles. The zero-order chi connectivity index (χ0) is 13.1. The summed E-state index contributed by atoms with van der Waals surface area (Å²) < 4.78 is 1.31. The largest absolute Gasteiger partial charge is 0.351 e. The van der Waals surface area contributed by atoms with Crippen LogP contribution in [-0.4, -0.2) is 22.2 Å². The Morgan fingerprint density at radius 3 is 2.56 bits per heavy atom. The predicted molar refractivity (Wildman–Crippen MR) is 69.7 cm³/mol. The monoisotopic (exact) mass is 245 g/mol. The molecule has 0 saturated heterocycles. The van der Waals surface area contributed by atoms with E-state index in [-0.39, 0.29) is 11.5 Å². The molecule has 0 aliphatic carbocycles. The van der Waals surface area contributed by atoms with Crippen molar-refractivity contribution in [2.45, 2.75) is 20.4 Å². The minimum atomic E-state index is -0.254. The first kappa shape index (κ1) is 12.3. The molecule has 2 rings (SSSR count). The maximum absolute atomic E-state index is 12.1. The summed E-state index contributed by atoms with van der Waals surface area (Å²) in [6.07, 6.45) is 0. The highest BCUT2D eigenvalue weighted by molar-refractivity contribution is 6.04. The van der Waals surface area contributed by atoms with Gasteiger partial charge in [-0.3, -0.25) is 9.59 Å². The molecule has 0 aliphatic heterocycles. The van der Waals surface area contributed by atoms with Crippen LogP contribution in [0, 0.1) is 0 Å². The lowest BCUT2D eigenvalue weighted by atomic mass is 10.1. The van der Waals surface area contributed by atoms with Gasteiger partial charge in [-0.1, -0.05) is 18.2 Å². The molecule has 0 radical (unpaired) electrons. The van der Waals surface area contributed by atoms with Gasteiger partial charge in [-0.15, -0.1) is 0 Å². The van der Waals surface area contributed by atoms with Crippen molar-refractivity contribution in [3.8, 4) is 0 Å². The normalized spacial score (nSPS) is 10.6. The molecule has 0 saturated carbocycles. The van der Waals surface area contributed by atoms with Gasteiger partial charge < -0.3 is 5.32 Å².